The van der Waals surface area contributed by atoms with Crippen molar-refractivity contribution in [2.75, 3.05) is 6.61 Å². The van der Waals surface area contributed by atoms with E-state index in [1.54, 1.807) is 6.92 Å². The van der Waals surface area contributed by atoms with Crippen molar-refractivity contribution in [3.63, 3.8) is 0 Å². The van der Waals surface area contributed by atoms with Crippen molar-refractivity contribution in [2.45, 2.75) is 71.9 Å². The third-order valence-electron chi connectivity index (χ3n) is 7.45. The van der Waals surface area contributed by atoms with E-state index in [-0.39, 0.29) is 29.8 Å². The van der Waals surface area contributed by atoms with Crippen molar-refractivity contribution in [3.05, 3.63) is 41.3 Å². The van der Waals surface area contributed by atoms with Crippen LogP contribution in [0.15, 0.2) is 24.5 Å². The molecule has 0 aliphatic heterocycles. The van der Waals surface area contributed by atoms with Crippen molar-refractivity contribution in [3.8, 4) is 17.0 Å². The molecular formula is C28H35N5O3. The second-order valence-corrected chi connectivity index (χ2v) is 10.6. The number of aryl methyl sites for hydroxylation is 2. The SMILES string of the molecule is CC(=O)N[C@@H]1CC[C@H](NC(=O)c2c(C)[nH]c3c(-c4cc(C)ccc4OCC4CC4)ncnc23)[C@H](C)C1. The monoisotopic (exact) mass is 489 g/mol. The van der Waals surface area contributed by atoms with Crippen LogP contribution in [0.25, 0.3) is 22.3 Å². The lowest BCUT2D eigenvalue weighted by molar-refractivity contribution is -0.120. The number of nitrogens with one attached hydrogen (secondary N) is 3. The molecule has 2 saturated carbocycles. The molecule has 8 nitrogen and oxygen atoms in total. The van der Waals surface area contributed by atoms with E-state index < -0.39 is 0 Å². The van der Waals surface area contributed by atoms with Crippen LogP contribution < -0.4 is 15.4 Å². The molecule has 0 radical (unpaired) electrons. The van der Waals surface area contributed by atoms with E-state index in [1.807, 2.05) is 26.0 Å². The van der Waals surface area contributed by atoms with Crippen LogP contribution in [-0.4, -0.2) is 45.5 Å². The minimum Gasteiger partial charge on any atom is -0.493 e. The minimum atomic E-state index is -0.132. The Labute approximate surface area is 211 Å². The maximum atomic E-state index is 13.5. The summed E-state index contributed by atoms with van der Waals surface area (Å²) in [6, 6.07) is 6.34. The van der Waals surface area contributed by atoms with E-state index in [4.69, 9.17) is 4.74 Å². The molecule has 3 N–H and O–H groups in total. The highest BCUT2D eigenvalue weighted by atomic mass is 16.5. The van der Waals surface area contributed by atoms with Crippen molar-refractivity contribution < 1.29 is 14.3 Å². The summed E-state index contributed by atoms with van der Waals surface area (Å²) in [6.07, 6.45) is 6.49. The van der Waals surface area contributed by atoms with Gasteiger partial charge in [-0.3, -0.25) is 9.59 Å². The standard InChI is InChI=1S/C28H35N5O3/c1-15-5-10-23(36-13-19-6-7-19)21(11-15)25-27-26(30-14-29-25)24(17(3)31-27)28(35)33-22-9-8-20(12-16(22)2)32-18(4)34/h5,10-11,14,16,19-20,22,31H,6-9,12-13H2,1-4H3,(H,32,34)(H,33,35)/t16-,20-,22+/m1/s1. The lowest BCUT2D eigenvalue weighted by Crippen LogP contribution is -2.47. The zero-order valence-corrected chi connectivity index (χ0v) is 21.5. The number of ether oxygens (including phenoxy) is 1. The number of hydrogen-bond donors (Lipinski definition) is 3. The number of benzene rings is 1. The Morgan fingerprint density at radius 2 is 1.92 bits per heavy atom. The Hall–Kier alpha value is -3.42. The summed E-state index contributed by atoms with van der Waals surface area (Å²) in [4.78, 5) is 37.4. The average Bonchev–Trinajstić information content (AvgIpc) is 3.59. The highest BCUT2D eigenvalue weighted by molar-refractivity contribution is 6.09. The molecule has 0 unspecified atom stereocenters. The number of nitrogens with zero attached hydrogens (tertiary/aromatic N) is 2. The Bertz CT molecular complexity index is 1300. The van der Waals surface area contributed by atoms with Gasteiger partial charge in [-0.25, -0.2) is 9.97 Å². The quantitative estimate of drug-likeness (QED) is 0.454. The van der Waals surface area contributed by atoms with Gasteiger partial charge in [0.05, 0.1) is 17.7 Å². The smallest absolute Gasteiger partial charge is 0.255 e. The molecule has 190 valence electrons. The van der Waals surface area contributed by atoms with Crippen molar-refractivity contribution >= 4 is 22.8 Å². The van der Waals surface area contributed by atoms with Crippen LogP contribution in [0.1, 0.15) is 67.6 Å². The van der Waals surface area contributed by atoms with E-state index >= 15 is 0 Å². The summed E-state index contributed by atoms with van der Waals surface area (Å²) in [5.41, 5.74) is 5.42. The van der Waals surface area contributed by atoms with Crippen LogP contribution in [0.5, 0.6) is 5.75 Å². The molecule has 5 rings (SSSR count). The van der Waals surface area contributed by atoms with Crippen LogP contribution in [0.2, 0.25) is 0 Å². The fraction of sp³-hybridized carbons (Fsp3) is 0.500. The number of amides is 2. The summed E-state index contributed by atoms with van der Waals surface area (Å²) >= 11 is 0. The van der Waals surface area contributed by atoms with Crippen LogP contribution in [0.4, 0.5) is 0 Å². The van der Waals surface area contributed by atoms with Crippen LogP contribution in [0.3, 0.4) is 0 Å². The van der Waals surface area contributed by atoms with E-state index in [0.29, 0.717) is 23.6 Å². The van der Waals surface area contributed by atoms with Gasteiger partial charge in [-0.15, -0.1) is 0 Å². The highest BCUT2D eigenvalue weighted by Gasteiger charge is 2.31. The molecular weight excluding hydrogens is 454 g/mol. The molecule has 2 fully saturated rings. The first kappa shape index (κ1) is 24.3. The summed E-state index contributed by atoms with van der Waals surface area (Å²) in [6.45, 7) is 8.34. The third kappa shape index (κ3) is 5.08. The molecule has 8 heteroatoms. The fourth-order valence-corrected chi connectivity index (χ4v) is 5.32. The molecule has 2 heterocycles. The Balaban J connectivity index is 1.41. The molecule has 2 aromatic heterocycles. The summed E-state index contributed by atoms with van der Waals surface area (Å²) < 4.78 is 6.17. The minimum absolute atomic E-state index is 0.00528. The maximum absolute atomic E-state index is 13.5. The molecule has 36 heavy (non-hydrogen) atoms. The van der Waals surface area contributed by atoms with Gasteiger partial charge in [0, 0.05) is 30.3 Å². The number of carbonyl (C=O) groups is 2. The lowest BCUT2D eigenvalue weighted by atomic mass is 9.82. The van der Waals surface area contributed by atoms with Gasteiger partial charge in [0.1, 0.15) is 23.3 Å². The third-order valence-corrected chi connectivity index (χ3v) is 7.45. The van der Waals surface area contributed by atoms with E-state index in [0.717, 1.165) is 53.0 Å². The molecule has 2 aliphatic rings. The van der Waals surface area contributed by atoms with Crippen LogP contribution >= 0.6 is 0 Å². The first-order chi connectivity index (χ1) is 17.3. The van der Waals surface area contributed by atoms with E-state index in [2.05, 4.69) is 38.6 Å². The Morgan fingerprint density at radius 1 is 1.11 bits per heavy atom. The fourth-order valence-electron chi connectivity index (χ4n) is 5.32. The van der Waals surface area contributed by atoms with E-state index in [1.165, 1.54) is 19.2 Å². The number of carbonyl (C=O) groups excluding carboxylic acids is 2. The van der Waals surface area contributed by atoms with Crippen molar-refractivity contribution in [1.29, 1.82) is 0 Å². The van der Waals surface area contributed by atoms with Gasteiger partial charge < -0.3 is 20.4 Å². The first-order valence-corrected chi connectivity index (χ1v) is 12.9. The normalized spacial score (nSPS) is 21.8. The number of hydrogen-bond acceptors (Lipinski definition) is 5. The zero-order valence-electron chi connectivity index (χ0n) is 21.5. The van der Waals surface area contributed by atoms with Gasteiger partial charge in [0.25, 0.3) is 5.91 Å². The van der Waals surface area contributed by atoms with Crippen molar-refractivity contribution in [1.82, 2.24) is 25.6 Å². The predicted molar refractivity (Wildman–Crippen MR) is 139 cm³/mol. The second-order valence-electron chi connectivity index (χ2n) is 10.6. The largest absolute Gasteiger partial charge is 0.493 e. The Kier molecular flexibility index (Phi) is 6.69. The molecule has 3 atom stereocenters. The number of rotatable bonds is 7. The van der Waals surface area contributed by atoms with Gasteiger partial charge in [-0.2, -0.15) is 0 Å². The molecule has 2 aliphatic carbocycles. The Morgan fingerprint density at radius 3 is 2.64 bits per heavy atom. The van der Waals surface area contributed by atoms with Gasteiger partial charge >= 0.3 is 0 Å². The predicted octanol–water partition coefficient (Wildman–Crippen LogP) is 4.45. The molecule has 0 saturated heterocycles. The molecule has 3 aromatic rings. The zero-order chi connectivity index (χ0) is 25.4. The van der Waals surface area contributed by atoms with Crippen LogP contribution in [-0.2, 0) is 4.79 Å². The van der Waals surface area contributed by atoms with Crippen LogP contribution in [0, 0.1) is 25.7 Å². The van der Waals surface area contributed by atoms with Gasteiger partial charge in [0.2, 0.25) is 5.91 Å². The molecule has 0 spiro atoms. The summed E-state index contributed by atoms with van der Waals surface area (Å²) in [7, 11) is 0. The number of H-pyrrole nitrogens is 1. The van der Waals surface area contributed by atoms with Gasteiger partial charge in [-0.05, 0) is 69.9 Å². The topological polar surface area (TPSA) is 109 Å². The summed E-state index contributed by atoms with van der Waals surface area (Å²) in [5, 5.41) is 6.25. The average molecular weight is 490 g/mol. The van der Waals surface area contributed by atoms with Gasteiger partial charge in [0.15, 0.2) is 0 Å². The summed E-state index contributed by atoms with van der Waals surface area (Å²) in [5.74, 6) is 1.56. The molecule has 2 amide bonds. The lowest BCUT2D eigenvalue weighted by Gasteiger charge is -2.34. The highest BCUT2D eigenvalue weighted by Crippen LogP contribution is 2.37. The number of fused-ring (bicyclic) bond motifs is 1. The number of aromatic amines is 1. The number of aromatic nitrogens is 3. The van der Waals surface area contributed by atoms with Gasteiger partial charge in [-0.1, -0.05) is 18.6 Å². The maximum Gasteiger partial charge on any atom is 0.255 e. The first-order valence-electron chi connectivity index (χ1n) is 12.9. The molecule has 1 aromatic carbocycles. The van der Waals surface area contributed by atoms with Crippen molar-refractivity contribution in [2.24, 2.45) is 11.8 Å². The van der Waals surface area contributed by atoms with E-state index in [9.17, 15) is 9.59 Å². The second kappa shape index (κ2) is 9.91. The molecule has 0 bridgehead atoms.